The summed E-state index contributed by atoms with van der Waals surface area (Å²) in [6, 6.07) is 0.324. The Bertz CT molecular complexity index is 523. The van der Waals surface area contributed by atoms with E-state index in [4.69, 9.17) is 9.47 Å². The summed E-state index contributed by atoms with van der Waals surface area (Å²) in [6.45, 7) is 2.50. The summed E-state index contributed by atoms with van der Waals surface area (Å²) in [4.78, 5) is 18.1. The summed E-state index contributed by atoms with van der Waals surface area (Å²) < 4.78 is 11.9. The Morgan fingerprint density at radius 2 is 2.14 bits per heavy atom. The number of ether oxygens (including phenoxy) is 2. The van der Waals surface area contributed by atoms with Gasteiger partial charge in [0, 0.05) is 45.6 Å². The lowest BCUT2D eigenvalue weighted by molar-refractivity contribution is -0.127. The van der Waals surface area contributed by atoms with E-state index in [0.29, 0.717) is 12.0 Å². The van der Waals surface area contributed by atoms with Crippen LogP contribution in [0.15, 0.2) is 4.99 Å². The van der Waals surface area contributed by atoms with Gasteiger partial charge in [0.05, 0.1) is 11.7 Å². The molecule has 3 heterocycles. The van der Waals surface area contributed by atoms with Gasteiger partial charge in [-0.05, 0) is 44.3 Å². The molecule has 3 atom stereocenters. The zero-order valence-corrected chi connectivity index (χ0v) is 20.2. The zero-order valence-electron chi connectivity index (χ0n) is 17.1. The van der Waals surface area contributed by atoms with E-state index in [1.54, 1.807) is 19.0 Å². The highest BCUT2D eigenvalue weighted by Crippen LogP contribution is 2.38. The van der Waals surface area contributed by atoms with Crippen molar-refractivity contribution in [2.45, 2.75) is 56.3 Å². The molecule has 2 N–H and O–H groups in total. The topological polar surface area (TPSA) is 75.2 Å². The number of halogens is 1. The fourth-order valence-electron chi connectivity index (χ4n) is 3.83. The smallest absolute Gasteiger partial charge is 0.243 e. The molecule has 162 valence electrons. The Labute approximate surface area is 190 Å². The molecule has 3 aliphatic rings. The van der Waals surface area contributed by atoms with Crippen LogP contribution in [-0.2, 0) is 14.3 Å². The van der Waals surface area contributed by atoms with Gasteiger partial charge in [-0.3, -0.25) is 4.79 Å². The number of hydrogen-bond donors (Lipinski definition) is 2. The summed E-state index contributed by atoms with van der Waals surface area (Å²) in [5, 5.41) is 6.97. The lowest BCUT2D eigenvalue weighted by Gasteiger charge is -2.38. The molecule has 3 unspecified atom stereocenters. The summed E-state index contributed by atoms with van der Waals surface area (Å²) in [6.07, 6.45) is 6.76. The van der Waals surface area contributed by atoms with Crippen LogP contribution in [0.5, 0.6) is 0 Å². The van der Waals surface area contributed by atoms with Gasteiger partial charge in [0.1, 0.15) is 6.54 Å². The maximum absolute atomic E-state index is 12.0. The van der Waals surface area contributed by atoms with Crippen molar-refractivity contribution in [3.05, 3.63) is 0 Å². The van der Waals surface area contributed by atoms with E-state index in [1.807, 2.05) is 11.8 Å². The van der Waals surface area contributed by atoms with Crippen molar-refractivity contribution < 1.29 is 14.3 Å². The quantitative estimate of drug-likeness (QED) is 0.324. The summed E-state index contributed by atoms with van der Waals surface area (Å²) in [7, 11) is 3.52. The maximum Gasteiger partial charge on any atom is 0.243 e. The Hall–Kier alpha value is -0.260. The first kappa shape index (κ1) is 24.0. The molecule has 7 nitrogen and oxygen atoms in total. The van der Waals surface area contributed by atoms with Gasteiger partial charge < -0.3 is 25.0 Å². The van der Waals surface area contributed by atoms with E-state index in [2.05, 4.69) is 15.6 Å². The van der Waals surface area contributed by atoms with Gasteiger partial charge in [0.25, 0.3) is 0 Å². The number of likely N-dealkylation sites (N-methyl/N-ethyl adjacent to an activating group) is 1. The van der Waals surface area contributed by atoms with Gasteiger partial charge >= 0.3 is 0 Å². The SMILES string of the molecule is CN(C)C(=O)CN=C(NCC1CCCCO1)NC1CCOC2(CCSC2)C1.I. The van der Waals surface area contributed by atoms with E-state index in [1.165, 1.54) is 12.2 Å². The lowest BCUT2D eigenvalue weighted by Crippen LogP contribution is -2.52. The third-order valence-electron chi connectivity index (χ3n) is 5.54. The molecule has 1 spiro atoms. The molecule has 28 heavy (non-hydrogen) atoms. The molecule has 1 amide bonds. The Morgan fingerprint density at radius 3 is 2.82 bits per heavy atom. The number of aliphatic imine (C=N–C) groups is 1. The standard InChI is InChI=1S/C19H34N4O3S.HI/c1-23(2)17(24)13-21-18(20-12-16-5-3-4-8-25-16)22-15-6-9-26-19(11-15)7-10-27-14-19;/h15-16H,3-14H2,1-2H3,(H2,20,21,22);1H. The second-order valence-corrected chi connectivity index (χ2v) is 9.10. The van der Waals surface area contributed by atoms with Crippen molar-refractivity contribution in [1.82, 2.24) is 15.5 Å². The van der Waals surface area contributed by atoms with Crippen LogP contribution in [0.3, 0.4) is 0 Å². The molecular formula is C19H35IN4O3S. The number of rotatable bonds is 5. The third-order valence-corrected chi connectivity index (χ3v) is 6.77. The van der Waals surface area contributed by atoms with Crippen molar-refractivity contribution in [2.24, 2.45) is 4.99 Å². The van der Waals surface area contributed by atoms with Gasteiger partial charge in [0.15, 0.2) is 5.96 Å². The molecule has 0 aromatic carbocycles. The first-order valence-electron chi connectivity index (χ1n) is 10.1. The number of nitrogens with zero attached hydrogens (tertiary/aromatic N) is 2. The predicted octanol–water partition coefficient (Wildman–Crippen LogP) is 1.85. The Balaban J connectivity index is 0.00000280. The number of carbonyl (C=O) groups excluding carboxylic acids is 1. The highest BCUT2D eigenvalue weighted by atomic mass is 127. The molecule has 0 aliphatic carbocycles. The van der Waals surface area contributed by atoms with Crippen LogP contribution < -0.4 is 10.6 Å². The van der Waals surface area contributed by atoms with E-state index >= 15 is 0 Å². The van der Waals surface area contributed by atoms with Crippen LogP contribution in [-0.4, -0.2) is 86.4 Å². The van der Waals surface area contributed by atoms with E-state index < -0.39 is 0 Å². The van der Waals surface area contributed by atoms with Gasteiger partial charge in [-0.25, -0.2) is 4.99 Å². The van der Waals surface area contributed by atoms with E-state index in [0.717, 1.165) is 57.6 Å². The molecule has 3 rings (SSSR count). The highest BCUT2D eigenvalue weighted by Gasteiger charge is 2.40. The molecule has 0 saturated carbocycles. The monoisotopic (exact) mass is 526 g/mol. The number of amides is 1. The summed E-state index contributed by atoms with van der Waals surface area (Å²) in [5.41, 5.74) is 0.0254. The zero-order chi connectivity index (χ0) is 19.1. The molecule has 0 aromatic heterocycles. The number of thioether (sulfide) groups is 1. The Kier molecular flexibility index (Phi) is 10.1. The van der Waals surface area contributed by atoms with Crippen LogP contribution in [0, 0.1) is 0 Å². The summed E-state index contributed by atoms with van der Waals surface area (Å²) in [5.74, 6) is 2.98. The molecule has 9 heteroatoms. The van der Waals surface area contributed by atoms with Crippen LogP contribution >= 0.6 is 35.7 Å². The first-order chi connectivity index (χ1) is 13.1. The fraction of sp³-hybridized carbons (Fsp3) is 0.895. The van der Waals surface area contributed by atoms with E-state index in [9.17, 15) is 4.79 Å². The minimum absolute atomic E-state index is 0. The highest BCUT2D eigenvalue weighted by molar-refractivity contribution is 14.0. The fourth-order valence-corrected chi connectivity index (χ4v) is 5.21. The van der Waals surface area contributed by atoms with Crippen molar-refractivity contribution in [3.63, 3.8) is 0 Å². The number of guanidine groups is 1. The molecule has 3 aliphatic heterocycles. The minimum atomic E-state index is 0. The molecule has 3 saturated heterocycles. The Morgan fingerprint density at radius 1 is 1.29 bits per heavy atom. The van der Waals surface area contributed by atoms with Crippen molar-refractivity contribution >= 4 is 47.6 Å². The number of nitrogens with one attached hydrogen (secondary N) is 2. The first-order valence-corrected chi connectivity index (χ1v) is 11.3. The normalized spacial score (nSPS) is 30.6. The van der Waals surface area contributed by atoms with Gasteiger partial charge in [-0.1, -0.05) is 0 Å². The van der Waals surface area contributed by atoms with Crippen LogP contribution in [0.2, 0.25) is 0 Å². The average Bonchev–Trinajstić information content (AvgIpc) is 3.11. The third kappa shape index (κ3) is 7.21. The van der Waals surface area contributed by atoms with Crippen LogP contribution in [0.4, 0.5) is 0 Å². The molecule has 0 aromatic rings. The van der Waals surface area contributed by atoms with Crippen molar-refractivity contribution in [2.75, 3.05) is 51.9 Å². The van der Waals surface area contributed by atoms with Gasteiger partial charge in [-0.2, -0.15) is 11.8 Å². The van der Waals surface area contributed by atoms with Crippen molar-refractivity contribution in [3.8, 4) is 0 Å². The number of carbonyl (C=O) groups is 1. The minimum Gasteiger partial charge on any atom is -0.376 e. The molecule has 0 radical (unpaired) electrons. The van der Waals surface area contributed by atoms with Crippen LogP contribution in [0.25, 0.3) is 0 Å². The predicted molar refractivity (Wildman–Crippen MR) is 125 cm³/mol. The number of hydrogen-bond acceptors (Lipinski definition) is 5. The molecule has 0 bridgehead atoms. The van der Waals surface area contributed by atoms with Crippen molar-refractivity contribution in [1.29, 1.82) is 0 Å². The second kappa shape index (κ2) is 11.8. The second-order valence-electron chi connectivity index (χ2n) is 7.99. The largest absolute Gasteiger partial charge is 0.376 e. The van der Waals surface area contributed by atoms with Gasteiger partial charge in [0.2, 0.25) is 5.91 Å². The lowest BCUT2D eigenvalue weighted by atomic mass is 9.90. The summed E-state index contributed by atoms with van der Waals surface area (Å²) >= 11 is 1.98. The molecule has 3 fully saturated rings. The van der Waals surface area contributed by atoms with E-state index in [-0.39, 0.29) is 48.1 Å². The van der Waals surface area contributed by atoms with Gasteiger partial charge in [-0.15, -0.1) is 24.0 Å². The van der Waals surface area contributed by atoms with Crippen LogP contribution in [0.1, 0.15) is 38.5 Å². The maximum atomic E-state index is 12.0. The molecular weight excluding hydrogens is 491 g/mol. The average molecular weight is 526 g/mol.